The first-order chi connectivity index (χ1) is 8.20. The molecule has 0 amide bonds. The predicted molar refractivity (Wildman–Crippen MR) is 66.3 cm³/mol. The first kappa shape index (κ1) is 11.8. The molecule has 1 aliphatic carbocycles. The van der Waals surface area contributed by atoms with E-state index in [1.54, 1.807) is 12.4 Å². The molecule has 1 heterocycles. The third kappa shape index (κ3) is 2.73. The van der Waals surface area contributed by atoms with Crippen LogP contribution in [0.5, 0.6) is 0 Å². The molecule has 2 rings (SSSR count). The number of rotatable bonds is 2. The van der Waals surface area contributed by atoms with E-state index in [0.29, 0.717) is 17.6 Å². The predicted octanol–water partition coefficient (Wildman–Crippen LogP) is 2.58. The number of hydrogen-bond donors (Lipinski definition) is 1. The molecule has 4 heteroatoms. The van der Waals surface area contributed by atoms with E-state index in [-0.39, 0.29) is 0 Å². The molecule has 0 spiro atoms. The van der Waals surface area contributed by atoms with Gasteiger partial charge in [-0.2, -0.15) is 5.26 Å². The van der Waals surface area contributed by atoms with Crippen molar-refractivity contribution in [2.75, 3.05) is 5.32 Å². The van der Waals surface area contributed by atoms with E-state index in [1.807, 2.05) is 0 Å². The molecule has 1 aromatic heterocycles. The van der Waals surface area contributed by atoms with Crippen LogP contribution in [0.4, 0.5) is 5.82 Å². The van der Waals surface area contributed by atoms with Crippen LogP contribution >= 0.6 is 0 Å². The van der Waals surface area contributed by atoms with Gasteiger partial charge in [0.25, 0.3) is 0 Å². The molecule has 17 heavy (non-hydrogen) atoms. The van der Waals surface area contributed by atoms with Gasteiger partial charge in [0, 0.05) is 18.4 Å². The van der Waals surface area contributed by atoms with E-state index in [9.17, 15) is 0 Å². The van der Waals surface area contributed by atoms with E-state index in [4.69, 9.17) is 5.26 Å². The molecule has 0 aliphatic heterocycles. The van der Waals surface area contributed by atoms with Crippen molar-refractivity contribution in [3.8, 4) is 6.07 Å². The normalized spacial score (nSPS) is 28.4. The minimum absolute atomic E-state index is 0.388. The second-order valence-corrected chi connectivity index (χ2v) is 4.97. The molecule has 4 nitrogen and oxygen atoms in total. The lowest BCUT2D eigenvalue weighted by atomic mass is 9.79. The maximum absolute atomic E-state index is 8.95. The van der Waals surface area contributed by atoms with Crippen LogP contribution in [0.25, 0.3) is 0 Å². The third-order valence-electron chi connectivity index (χ3n) is 3.74. The van der Waals surface area contributed by atoms with Crippen molar-refractivity contribution in [2.45, 2.75) is 39.2 Å². The average Bonchev–Trinajstić information content (AvgIpc) is 2.34. The highest BCUT2D eigenvalue weighted by molar-refractivity contribution is 5.47. The number of nitrogens with zero attached hydrogens (tertiary/aromatic N) is 3. The van der Waals surface area contributed by atoms with Crippen LogP contribution in [0.3, 0.4) is 0 Å². The Morgan fingerprint density at radius 3 is 2.71 bits per heavy atom. The second-order valence-electron chi connectivity index (χ2n) is 4.97. The first-order valence-corrected chi connectivity index (χ1v) is 6.18. The van der Waals surface area contributed by atoms with Crippen molar-refractivity contribution < 1.29 is 0 Å². The lowest BCUT2D eigenvalue weighted by Gasteiger charge is -2.32. The zero-order valence-electron chi connectivity index (χ0n) is 10.3. The number of aromatic nitrogens is 2. The maximum atomic E-state index is 8.95. The van der Waals surface area contributed by atoms with E-state index in [1.165, 1.54) is 6.42 Å². The number of nitrogens with one attached hydrogen (secondary N) is 1. The topological polar surface area (TPSA) is 61.6 Å². The fourth-order valence-corrected chi connectivity index (χ4v) is 2.40. The smallest absolute Gasteiger partial charge is 0.182 e. The Bertz CT molecular complexity index is 424. The van der Waals surface area contributed by atoms with Crippen LogP contribution in [-0.4, -0.2) is 16.0 Å². The monoisotopic (exact) mass is 230 g/mol. The molecule has 0 aromatic carbocycles. The molecule has 1 saturated carbocycles. The lowest BCUT2D eigenvalue weighted by molar-refractivity contribution is 0.260. The van der Waals surface area contributed by atoms with E-state index in [0.717, 1.165) is 24.7 Å². The van der Waals surface area contributed by atoms with Gasteiger partial charge in [-0.1, -0.05) is 13.8 Å². The molecule has 0 saturated heterocycles. The van der Waals surface area contributed by atoms with E-state index in [2.05, 4.69) is 35.2 Å². The molecule has 1 fully saturated rings. The van der Waals surface area contributed by atoms with Gasteiger partial charge < -0.3 is 5.32 Å². The van der Waals surface area contributed by atoms with Gasteiger partial charge in [0.15, 0.2) is 11.5 Å². The van der Waals surface area contributed by atoms with E-state index < -0.39 is 0 Å². The summed E-state index contributed by atoms with van der Waals surface area (Å²) in [6, 6.07) is 2.49. The molecule has 0 radical (unpaired) electrons. The van der Waals surface area contributed by atoms with Gasteiger partial charge in [-0.3, -0.25) is 0 Å². The highest BCUT2D eigenvalue weighted by Crippen LogP contribution is 2.30. The maximum Gasteiger partial charge on any atom is 0.182 e. The van der Waals surface area contributed by atoms with Crippen molar-refractivity contribution in [3.05, 3.63) is 18.1 Å². The quantitative estimate of drug-likeness (QED) is 0.848. The van der Waals surface area contributed by atoms with Crippen molar-refractivity contribution in [3.63, 3.8) is 0 Å². The van der Waals surface area contributed by atoms with Crippen LogP contribution < -0.4 is 5.32 Å². The summed E-state index contributed by atoms with van der Waals surface area (Å²) in [5.41, 5.74) is 0.388. The Kier molecular flexibility index (Phi) is 3.58. The molecule has 3 unspecified atom stereocenters. The van der Waals surface area contributed by atoms with Gasteiger partial charge in [-0.05, 0) is 31.1 Å². The summed E-state index contributed by atoms with van der Waals surface area (Å²) in [6.45, 7) is 4.60. The fraction of sp³-hybridized carbons (Fsp3) is 0.615. The Balaban J connectivity index is 2.04. The summed E-state index contributed by atoms with van der Waals surface area (Å²) < 4.78 is 0. The van der Waals surface area contributed by atoms with Crippen LogP contribution in [0.2, 0.25) is 0 Å². The minimum atomic E-state index is 0.388. The van der Waals surface area contributed by atoms with Crippen LogP contribution in [-0.2, 0) is 0 Å². The van der Waals surface area contributed by atoms with Gasteiger partial charge in [0.1, 0.15) is 6.07 Å². The Morgan fingerprint density at radius 2 is 2.00 bits per heavy atom. The van der Waals surface area contributed by atoms with Crippen molar-refractivity contribution in [2.24, 2.45) is 11.8 Å². The molecular weight excluding hydrogens is 212 g/mol. The Morgan fingerprint density at radius 1 is 1.24 bits per heavy atom. The summed E-state index contributed by atoms with van der Waals surface area (Å²) in [5.74, 6) is 2.15. The van der Waals surface area contributed by atoms with Crippen LogP contribution in [0, 0.1) is 23.2 Å². The molecule has 0 bridgehead atoms. The summed E-state index contributed by atoms with van der Waals surface area (Å²) in [6.07, 6.45) is 6.70. The van der Waals surface area contributed by atoms with Crippen molar-refractivity contribution in [1.82, 2.24) is 9.97 Å². The molecular formula is C13H18N4. The number of hydrogen-bond acceptors (Lipinski definition) is 4. The number of anilines is 1. The summed E-state index contributed by atoms with van der Waals surface area (Å²) in [5, 5.41) is 12.3. The Hall–Kier alpha value is -1.63. The van der Waals surface area contributed by atoms with Gasteiger partial charge in [0.2, 0.25) is 0 Å². The van der Waals surface area contributed by atoms with Gasteiger partial charge in [0.05, 0.1) is 0 Å². The SMILES string of the molecule is CC1CCC(Nc2nccnc2C#N)CC1C. The van der Waals surface area contributed by atoms with Gasteiger partial charge in [-0.25, -0.2) is 9.97 Å². The largest absolute Gasteiger partial charge is 0.365 e. The summed E-state index contributed by atoms with van der Waals surface area (Å²) in [7, 11) is 0. The van der Waals surface area contributed by atoms with Crippen molar-refractivity contribution in [1.29, 1.82) is 5.26 Å². The van der Waals surface area contributed by atoms with Gasteiger partial charge >= 0.3 is 0 Å². The van der Waals surface area contributed by atoms with Crippen LogP contribution in [0.1, 0.15) is 38.8 Å². The zero-order chi connectivity index (χ0) is 12.3. The highest BCUT2D eigenvalue weighted by Gasteiger charge is 2.25. The Labute approximate surface area is 102 Å². The first-order valence-electron chi connectivity index (χ1n) is 6.18. The van der Waals surface area contributed by atoms with Gasteiger partial charge in [-0.15, -0.1) is 0 Å². The second kappa shape index (κ2) is 5.13. The summed E-state index contributed by atoms with van der Waals surface area (Å²) in [4.78, 5) is 8.20. The molecule has 1 aromatic rings. The molecule has 3 atom stereocenters. The average molecular weight is 230 g/mol. The molecule has 90 valence electrons. The number of nitriles is 1. The highest BCUT2D eigenvalue weighted by atomic mass is 15.0. The fourth-order valence-electron chi connectivity index (χ4n) is 2.40. The van der Waals surface area contributed by atoms with E-state index >= 15 is 0 Å². The molecule has 1 aliphatic rings. The molecule has 1 N–H and O–H groups in total. The summed E-state index contributed by atoms with van der Waals surface area (Å²) >= 11 is 0. The standard InChI is InChI=1S/C13H18N4/c1-9-3-4-11(7-10(9)2)17-13-12(8-14)15-5-6-16-13/h5-6,9-11H,3-4,7H2,1-2H3,(H,16,17). The third-order valence-corrected chi connectivity index (χ3v) is 3.74. The van der Waals surface area contributed by atoms with Crippen molar-refractivity contribution >= 4 is 5.82 Å². The minimum Gasteiger partial charge on any atom is -0.365 e. The van der Waals surface area contributed by atoms with Crippen LogP contribution in [0.15, 0.2) is 12.4 Å². The zero-order valence-corrected chi connectivity index (χ0v) is 10.3. The lowest BCUT2D eigenvalue weighted by Crippen LogP contribution is -2.31.